The summed E-state index contributed by atoms with van der Waals surface area (Å²) in [6.07, 6.45) is 6.88. The fourth-order valence-corrected chi connectivity index (χ4v) is 1.65. The highest BCUT2D eigenvalue weighted by Crippen LogP contribution is 2.15. The van der Waals surface area contributed by atoms with Gasteiger partial charge in [0.1, 0.15) is 12.0 Å². The van der Waals surface area contributed by atoms with E-state index in [2.05, 4.69) is 25.9 Å². The van der Waals surface area contributed by atoms with Crippen molar-refractivity contribution in [3.63, 3.8) is 0 Å². The maximum Gasteiger partial charge on any atom is 0.274 e. The van der Waals surface area contributed by atoms with Crippen LogP contribution in [0, 0.1) is 0 Å². The smallest absolute Gasteiger partial charge is 0.274 e. The molecule has 0 saturated heterocycles. The molecule has 1 amide bonds. The SMILES string of the molecule is O=C(c1ncncc1Br)N1CC=CC1. The number of carbonyl (C=O) groups is 1. The summed E-state index contributed by atoms with van der Waals surface area (Å²) < 4.78 is 0.636. The van der Waals surface area contributed by atoms with E-state index in [1.807, 2.05) is 12.2 Å². The molecular formula is C9H8BrN3O. The van der Waals surface area contributed by atoms with Gasteiger partial charge in [-0.25, -0.2) is 9.97 Å². The van der Waals surface area contributed by atoms with Crippen LogP contribution in [0.1, 0.15) is 10.5 Å². The van der Waals surface area contributed by atoms with E-state index in [9.17, 15) is 4.79 Å². The monoisotopic (exact) mass is 253 g/mol. The number of rotatable bonds is 1. The second-order valence-electron chi connectivity index (χ2n) is 2.90. The molecule has 1 aromatic rings. The average molecular weight is 254 g/mol. The summed E-state index contributed by atoms with van der Waals surface area (Å²) >= 11 is 3.25. The van der Waals surface area contributed by atoms with Gasteiger partial charge in [-0.2, -0.15) is 0 Å². The van der Waals surface area contributed by atoms with Crippen LogP contribution >= 0.6 is 15.9 Å². The van der Waals surface area contributed by atoms with E-state index in [1.54, 1.807) is 11.1 Å². The van der Waals surface area contributed by atoms with Crippen LogP contribution < -0.4 is 0 Å². The van der Waals surface area contributed by atoms with Crippen molar-refractivity contribution in [2.45, 2.75) is 0 Å². The Bertz CT molecular complexity index is 383. The quantitative estimate of drug-likeness (QED) is 0.708. The second-order valence-corrected chi connectivity index (χ2v) is 3.76. The molecule has 0 fully saturated rings. The standard InChI is InChI=1S/C9H8BrN3O/c10-7-5-11-6-12-8(7)9(14)13-3-1-2-4-13/h1-2,5-6H,3-4H2. The van der Waals surface area contributed by atoms with Gasteiger partial charge >= 0.3 is 0 Å². The van der Waals surface area contributed by atoms with Crippen LogP contribution in [-0.2, 0) is 0 Å². The summed E-state index contributed by atoms with van der Waals surface area (Å²) in [5.41, 5.74) is 0.420. The zero-order chi connectivity index (χ0) is 9.97. The zero-order valence-electron chi connectivity index (χ0n) is 7.35. The summed E-state index contributed by atoms with van der Waals surface area (Å²) in [5.74, 6) is -0.0655. The molecule has 72 valence electrons. The number of halogens is 1. The third kappa shape index (κ3) is 1.68. The molecule has 0 atom stereocenters. The minimum absolute atomic E-state index is 0.0655. The zero-order valence-corrected chi connectivity index (χ0v) is 8.94. The lowest BCUT2D eigenvalue weighted by atomic mass is 10.3. The maximum absolute atomic E-state index is 11.8. The van der Waals surface area contributed by atoms with Crippen LogP contribution in [-0.4, -0.2) is 33.9 Å². The third-order valence-corrected chi connectivity index (χ3v) is 2.56. The van der Waals surface area contributed by atoms with Gasteiger partial charge in [-0.1, -0.05) is 12.2 Å². The highest BCUT2D eigenvalue weighted by atomic mass is 79.9. The lowest BCUT2D eigenvalue weighted by molar-refractivity contribution is 0.0793. The molecule has 1 aromatic heterocycles. The van der Waals surface area contributed by atoms with Gasteiger partial charge < -0.3 is 4.90 Å². The Morgan fingerprint density at radius 1 is 1.43 bits per heavy atom. The first-order valence-corrected chi connectivity index (χ1v) is 4.98. The first-order chi connectivity index (χ1) is 6.79. The summed E-state index contributed by atoms with van der Waals surface area (Å²) in [4.78, 5) is 21.3. The lowest BCUT2D eigenvalue weighted by Crippen LogP contribution is -2.29. The molecule has 2 heterocycles. The van der Waals surface area contributed by atoms with E-state index >= 15 is 0 Å². The molecule has 1 aliphatic heterocycles. The Morgan fingerprint density at radius 2 is 2.14 bits per heavy atom. The van der Waals surface area contributed by atoms with Gasteiger partial charge in [0.2, 0.25) is 0 Å². The minimum atomic E-state index is -0.0655. The number of nitrogens with zero attached hydrogens (tertiary/aromatic N) is 3. The molecule has 2 rings (SSSR count). The van der Waals surface area contributed by atoms with Crippen molar-refractivity contribution < 1.29 is 4.79 Å². The molecule has 0 bridgehead atoms. The first kappa shape index (κ1) is 9.33. The van der Waals surface area contributed by atoms with Crippen LogP contribution in [0.5, 0.6) is 0 Å². The van der Waals surface area contributed by atoms with Crippen molar-refractivity contribution in [3.05, 3.63) is 34.8 Å². The van der Waals surface area contributed by atoms with E-state index in [4.69, 9.17) is 0 Å². The van der Waals surface area contributed by atoms with Gasteiger partial charge in [-0.15, -0.1) is 0 Å². The molecule has 14 heavy (non-hydrogen) atoms. The van der Waals surface area contributed by atoms with Crippen molar-refractivity contribution >= 4 is 21.8 Å². The molecule has 1 aliphatic rings. The molecular weight excluding hydrogens is 246 g/mol. The van der Waals surface area contributed by atoms with Crippen LogP contribution in [0.15, 0.2) is 29.1 Å². The number of carbonyl (C=O) groups excluding carboxylic acids is 1. The molecule has 0 unspecified atom stereocenters. The van der Waals surface area contributed by atoms with E-state index in [1.165, 1.54) is 6.33 Å². The number of aromatic nitrogens is 2. The predicted molar refractivity (Wildman–Crippen MR) is 54.8 cm³/mol. The summed E-state index contributed by atoms with van der Waals surface area (Å²) in [6.45, 7) is 1.32. The van der Waals surface area contributed by atoms with Crippen LogP contribution in [0.25, 0.3) is 0 Å². The van der Waals surface area contributed by atoms with E-state index in [0.29, 0.717) is 23.3 Å². The topological polar surface area (TPSA) is 46.1 Å². The lowest BCUT2D eigenvalue weighted by Gasteiger charge is -2.14. The van der Waals surface area contributed by atoms with Crippen molar-refractivity contribution in [2.75, 3.05) is 13.1 Å². The minimum Gasteiger partial charge on any atom is -0.330 e. The van der Waals surface area contributed by atoms with Gasteiger partial charge in [0.25, 0.3) is 5.91 Å². The van der Waals surface area contributed by atoms with Crippen molar-refractivity contribution in [2.24, 2.45) is 0 Å². The van der Waals surface area contributed by atoms with Crippen LogP contribution in [0.2, 0.25) is 0 Å². The highest BCUT2D eigenvalue weighted by Gasteiger charge is 2.19. The first-order valence-electron chi connectivity index (χ1n) is 4.19. The Hall–Kier alpha value is -1.23. The van der Waals surface area contributed by atoms with Gasteiger partial charge in [0, 0.05) is 19.3 Å². The van der Waals surface area contributed by atoms with Crippen LogP contribution in [0.4, 0.5) is 0 Å². The highest BCUT2D eigenvalue weighted by molar-refractivity contribution is 9.10. The Morgan fingerprint density at radius 3 is 2.79 bits per heavy atom. The molecule has 5 heteroatoms. The largest absolute Gasteiger partial charge is 0.330 e. The van der Waals surface area contributed by atoms with Gasteiger partial charge in [0.05, 0.1) is 4.47 Å². The summed E-state index contributed by atoms with van der Waals surface area (Å²) in [5, 5.41) is 0. The summed E-state index contributed by atoms with van der Waals surface area (Å²) in [7, 11) is 0. The molecule has 0 spiro atoms. The molecule has 0 saturated carbocycles. The molecule has 0 aromatic carbocycles. The molecule has 0 aliphatic carbocycles. The number of amides is 1. The van der Waals surface area contributed by atoms with Gasteiger partial charge in [0.15, 0.2) is 0 Å². The number of hydrogen-bond donors (Lipinski definition) is 0. The van der Waals surface area contributed by atoms with Crippen molar-refractivity contribution in [1.29, 1.82) is 0 Å². The van der Waals surface area contributed by atoms with Crippen molar-refractivity contribution in [1.82, 2.24) is 14.9 Å². The van der Waals surface area contributed by atoms with Gasteiger partial charge in [-0.05, 0) is 15.9 Å². The Labute approximate surface area is 89.8 Å². The van der Waals surface area contributed by atoms with E-state index < -0.39 is 0 Å². The van der Waals surface area contributed by atoms with Gasteiger partial charge in [-0.3, -0.25) is 4.79 Å². The molecule has 0 N–H and O–H groups in total. The fraction of sp³-hybridized carbons (Fsp3) is 0.222. The fourth-order valence-electron chi connectivity index (χ4n) is 1.26. The second kappa shape index (κ2) is 3.88. The maximum atomic E-state index is 11.8. The molecule has 4 nitrogen and oxygen atoms in total. The third-order valence-electron chi connectivity index (χ3n) is 1.98. The predicted octanol–water partition coefficient (Wildman–Crippen LogP) is 1.25. The number of hydrogen-bond acceptors (Lipinski definition) is 3. The molecule has 0 radical (unpaired) electrons. The van der Waals surface area contributed by atoms with E-state index in [0.717, 1.165) is 0 Å². The normalized spacial score (nSPS) is 14.8. The van der Waals surface area contributed by atoms with Crippen LogP contribution in [0.3, 0.4) is 0 Å². The van der Waals surface area contributed by atoms with E-state index in [-0.39, 0.29) is 5.91 Å². The Balaban J connectivity index is 2.23. The Kier molecular flexibility index (Phi) is 2.58. The average Bonchev–Trinajstić information content (AvgIpc) is 2.70. The van der Waals surface area contributed by atoms with Crippen molar-refractivity contribution in [3.8, 4) is 0 Å². The summed E-state index contributed by atoms with van der Waals surface area (Å²) in [6, 6.07) is 0.